The van der Waals surface area contributed by atoms with Crippen LogP contribution in [0.3, 0.4) is 0 Å². The summed E-state index contributed by atoms with van der Waals surface area (Å²) in [4.78, 5) is 17.0. The van der Waals surface area contributed by atoms with E-state index in [4.69, 9.17) is 0 Å². The van der Waals surface area contributed by atoms with Crippen molar-refractivity contribution in [2.45, 2.75) is 72.3 Å². The molecule has 2 heterocycles. The van der Waals surface area contributed by atoms with Gasteiger partial charge in [-0.2, -0.15) is 5.10 Å². The van der Waals surface area contributed by atoms with E-state index in [1.54, 1.807) is 0 Å². The standard InChI is InChI=1S/C19H28N4O/c1-12-6-5-7-16(10-12)21-19(24)9-8-17-14(3)20-18-11-13(2)22-23(18)15(17)4/h11-12,16H,5-10H2,1-4H3,(H,21,24). The molecule has 0 aliphatic heterocycles. The van der Waals surface area contributed by atoms with Gasteiger partial charge in [0.15, 0.2) is 5.65 Å². The van der Waals surface area contributed by atoms with Crippen LogP contribution in [0.25, 0.3) is 5.65 Å². The van der Waals surface area contributed by atoms with Crippen LogP contribution >= 0.6 is 0 Å². The molecule has 0 bridgehead atoms. The SMILES string of the molecule is Cc1cc2nc(C)c(CCC(=O)NC3CCCC(C)C3)c(C)n2n1. The largest absolute Gasteiger partial charge is 0.353 e. The molecule has 2 atom stereocenters. The molecule has 0 aromatic carbocycles. The first-order valence-electron chi connectivity index (χ1n) is 9.06. The Balaban J connectivity index is 1.65. The fourth-order valence-electron chi connectivity index (χ4n) is 3.91. The third-order valence-electron chi connectivity index (χ3n) is 5.19. The quantitative estimate of drug-likeness (QED) is 0.937. The number of hydrogen-bond donors (Lipinski definition) is 1. The third kappa shape index (κ3) is 3.60. The van der Waals surface area contributed by atoms with Gasteiger partial charge in [-0.15, -0.1) is 0 Å². The molecule has 0 spiro atoms. The highest BCUT2D eigenvalue weighted by atomic mass is 16.1. The van der Waals surface area contributed by atoms with Gasteiger partial charge in [-0.25, -0.2) is 9.50 Å². The Morgan fingerprint density at radius 2 is 2.12 bits per heavy atom. The van der Waals surface area contributed by atoms with Gasteiger partial charge < -0.3 is 5.32 Å². The first kappa shape index (κ1) is 16.9. The maximum atomic E-state index is 12.3. The van der Waals surface area contributed by atoms with Crippen LogP contribution in [0.2, 0.25) is 0 Å². The summed E-state index contributed by atoms with van der Waals surface area (Å²) in [5, 5.41) is 7.72. The number of nitrogens with zero attached hydrogens (tertiary/aromatic N) is 3. The average Bonchev–Trinajstić information content (AvgIpc) is 2.87. The van der Waals surface area contributed by atoms with Crippen molar-refractivity contribution in [2.75, 3.05) is 0 Å². The molecule has 3 rings (SSSR count). The third-order valence-corrected chi connectivity index (χ3v) is 5.19. The van der Waals surface area contributed by atoms with Gasteiger partial charge in [0.1, 0.15) is 0 Å². The van der Waals surface area contributed by atoms with Crippen molar-refractivity contribution in [1.29, 1.82) is 0 Å². The topological polar surface area (TPSA) is 59.3 Å². The Morgan fingerprint density at radius 1 is 1.33 bits per heavy atom. The zero-order chi connectivity index (χ0) is 17.3. The van der Waals surface area contributed by atoms with Crippen LogP contribution in [0.15, 0.2) is 6.07 Å². The normalized spacial score (nSPS) is 21.2. The molecule has 0 radical (unpaired) electrons. The molecule has 5 nitrogen and oxygen atoms in total. The van der Waals surface area contributed by atoms with E-state index in [2.05, 4.69) is 29.2 Å². The van der Waals surface area contributed by atoms with Crippen molar-refractivity contribution < 1.29 is 4.79 Å². The van der Waals surface area contributed by atoms with Crippen molar-refractivity contribution in [2.24, 2.45) is 5.92 Å². The van der Waals surface area contributed by atoms with Crippen LogP contribution in [-0.4, -0.2) is 26.5 Å². The minimum absolute atomic E-state index is 0.157. The van der Waals surface area contributed by atoms with Gasteiger partial charge in [0.2, 0.25) is 5.91 Å². The molecule has 0 saturated heterocycles. The molecule has 1 N–H and O–H groups in total. The molecule has 2 aromatic rings. The fourth-order valence-corrected chi connectivity index (χ4v) is 3.91. The smallest absolute Gasteiger partial charge is 0.220 e. The zero-order valence-corrected chi connectivity index (χ0v) is 15.2. The number of aryl methyl sites for hydroxylation is 3. The lowest BCUT2D eigenvalue weighted by atomic mass is 9.87. The molecule has 24 heavy (non-hydrogen) atoms. The summed E-state index contributed by atoms with van der Waals surface area (Å²) in [6, 6.07) is 2.35. The Hall–Kier alpha value is -1.91. The molecule has 1 saturated carbocycles. The number of hydrogen-bond acceptors (Lipinski definition) is 3. The van der Waals surface area contributed by atoms with E-state index in [-0.39, 0.29) is 5.91 Å². The van der Waals surface area contributed by atoms with E-state index < -0.39 is 0 Å². The van der Waals surface area contributed by atoms with Gasteiger partial charge in [0.05, 0.1) is 5.69 Å². The summed E-state index contributed by atoms with van der Waals surface area (Å²) in [6.07, 6.45) is 5.98. The van der Waals surface area contributed by atoms with Gasteiger partial charge in [-0.05, 0) is 51.5 Å². The molecule has 2 unspecified atom stereocenters. The number of carbonyl (C=O) groups is 1. The van der Waals surface area contributed by atoms with Gasteiger partial charge in [0, 0.05) is 29.9 Å². The second-order valence-corrected chi connectivity index (χ2v) is 7.35. The summed E-state index contributed by atoms with van der Waals surface area (Å²) in [6.45, 7) is 8.33. The summed E-state index contributed by atoms with van der Waals surface area (Å²) < 4.78 is 1.89. The van der Waals surface area contributed by atoms with E-state index in [9.17, 15) is 4.79 Å². The summed E-state index contributed by atoms with van der Waals surface area (Å²) in [5.41, 5.74) is 5.07. The van der Waals surface area contributed by atoms with E-state index in [1.807, 2.05) is 24.4 Å². The Bertz CT molecular complexity index is 749. The van der Waals surface area contributed by atoms with E-state index in [1.165, 1.54) is 12.8 Å². The highest BCUT2D eigenvalue weighted by Gasteiger charge is 2.20. The van der Waals surface area contributed by atoms with Crippen molar-refractivity contribution in [1.82, 2.24) is 19.9 Å². The number of rotatable bonds is 4. The first-order chi connectivity index (χ1) is 11.4. The molecule has 1 aliphatic carbocycles. The van der Waals surface area contributed by atoms with Gasteiger partial charge >= 0.3 is 0 Å². The lowest BCUT2D eigenvalue weighted by molar-refractivity contribution is -0.122. The van der Waals surface area contributed by atoms with Crippen molar-refractivity contribution in [3.8, 4) is 0 Å². The minimum Gasteiger partial charge on any atom is -0.353 e. The molecule has 130 valence electrons. The number of aromatic nitrogens is 3. The van der Waals surface area contributed by atoms with Crippen LogP contribution in [0, 0.1) is 26.7 Å². The Morgan fingerprint density at radius 3 is 2.88 bits per heavy atom. The second-order valence-electron chi connectivity index (χ2n) is 7.35. The van der Waals surface area contributed by atoms with Crippen molar-refractivity contribution >= 4 is 11.6 Å². The summed E-state index contributed by atoms with van der Waals surface area (Å²) in [7, 11) is 0. The molecule has 1 fully saturated rings. The molecule has 1 aliphatic rings. The number of nitrogens with one attached hydrogen (secondary N) is 1. The summed E-state index contributed by atoms with van der Waals surface area (Å²) in [5.74, 6) is 0.882. The predicted molar refractivity (Wildman–Crippen MR) is 95.1 cm³/mol. The second kappa shape index (κ2) is 6.91. The first-order valence-corrected chi connectivity index (χ1v) is 9.06. The van der Waals surface area contributed by atoms with Crippen LogP contribution in [0.1, 0.15) is 61.7 Å². The monoisotopic (exact) mass is 328 g/mol. The maximum absolute atomic E-state index is 12.3. The zero-order valence-electron chi connectivity index (χ0n) is 15.2. The van der Waals surface area contributed by atoms with E-state index in [0.29, 0.717) is 18.9 Å². The average molecular weight is 328 g/mol. The van der Waals surface area contributed by atoms with Crippen molar-refractivity contribution in [3.63, 3.8) is 0 Å². The highest BCUT2D eigenvalue weighted by Crippen LogP contribution is 2.23. The number of amides is 1. The van der Waals surface area contributed by atoms with Gasteiger partial charge in [0.25, 0.3) is 0 Å². The lowest BCUT2D eigenvalue weighted by Crippen LogP contribution is -2.38. The number of fused-ring (bicyclic) bond motifs is 1. The van der Waals surface area contributed by atoms with Crippen LogP contribution < -0.4 is 5.32 Å². The fraction of sp³-hybridized carbons (Fsp3) is 0.632. The van der Waals surface area contributed by atoms with Crippen LogP contribution in [0.5, 0.6) is 0 Å². The van der Waals surface area contributed by atoms with E-state index >= 15 is 0 Å². The van der Waals surface area contributed by atoms with E-state index in [0.717, 1.165) is 47.1 Å². The minimum atomic E-state index is 0.157. The molecule has 1 amide bonds. The molecule has 5 heteroatoms. The van der Waals surface area contributed by atoms with Crippen LogP contribution in [0.4, 0.5) is 0 Å². The predicted octanol–water partition coefficient (Wildman–Crippen LogP) is 3.28. The summed E-state index contributed by atoms with van der Waals surface area (Å²) >= 11 is 0. The Kier molecular flexibility index (Phi) is 4.88. The maximum Gasteiger partial charge on any atom is 0.220 e. The van der Waals surface area contributed by atoms with Gasteiger partial charge in [-0.1, -0.05) is 19.8 Å². The van der Waals surface area contributed by atoms with Crippen molar-refractivity contribution in [3.05, 3.63) is 28.7 Å². The number of carbonyl (C=O) groups excluding carboxylic acids is 1. The Labute approximate surface area is 143 Å². The lowest BCUT2D eigenvalue weighted by Gasteiger charge is -2.27. The van der Waals surface area contributed by atoms with Gasteiger partial charge in [-0.3, -0.25) is 4.79 Å². The highest BCUT2D eigenvalue weighted by molar-refractivity contribution is 5.76. The molecule has 2 aromatic heterocycles. The molecular weight excluding hydrogens is 300 g/mol. The van der Waals surface area contributed by atoms with Crippen LogP contribution in [-0.2, 0) is 11.2 Å². The molecular formula is C19H28N4O.